The van der Waals surface area contributed by atoms with Crippen molar-refractivity contribution >= 4 is 24.8 Å². The van der Waals surface area contributed by atoms with Gasteiger partial charge in [-0.15, -0.1) is 0 Å². The summed E-state index contributed by atoms with van der Waals surface area (Å²) in [6.07, 6.45) is 5.46. The monoisotopic (exact) mass is 368 g/mol. The molecule has 0 radical (unpaired) electrons. The molecule has 1 aliphatic carbocycles. The van der Waals surface area contributed by atoms with Crippen molar-refractivity contribution in [3.8, 4) is 0 Å². The second-order valence-electron chi connectivity index (χ2n) is 8.19. The fourth-order valence-corrected chi connectivity index (χ4v) is 5.71. The highest BCUT2D eigenvalue weighted by atomic mass is 28.3. The molecule has 0 amide bonds. The second-order valence-corrected chi connectivity index (χ2v) is 13.2. The Bertz CT molecular complexity index is 701. The van der Waals surface area contributed by atoms with E-state index in [4.69, 9.17) is 0 Å². The lowest BCUT2D eigenvalue weighted by Crippen LogP contribution is -2.27. The Balaban J connectivity index is 2.62. The predicted octanol–water partition coefficient (Wildman–Crippen LogP) is 6.15. The number of benzene rings is 1. The average Bonchev–Trinajstić information content (AvgIpc) is 2.82. The molecule has 0 unspecified atom stereocenters. The number of hydrogen-bond donors (Lipinski definition) is 0. The van der Waals surface area contributed by atoms with Crippen LogP contribution in [-0.2, 0) is 9.59 Å². The van der Waals surface area contributed by atoms with Crippen LogP contribution >= 0.6 is 0 Å². The maximum absolute atomic E-state index is 13.3. The molecule has 140 valence electrons. The quantitative estimate of drug-likeness (QED) is 0.313. The van der Waals surface area contributed by atoms with Crippen LogP contribution in [0.2, 0.25) is 19.6 Å². The minimum atomic E-state index is -1.89. The van der Waals surface area contributed by atoms with Crippen molar-refractivity contribution in [2.75, 3.05) is 0 Å². The summed E-state index contributed by atoms with van der Waals surface area (Å²) in [7, 11) is -1.89. The van der Waals surface area contributed by atoms with Crippen molar-refractivity contribution in [2.24, 2.45) is 0 Å². The van der Waals surface area contributed by atoms with Crippen LogP contribution in [0.15, 0.2) is 47.1 Å². The first-order valence-electron chi connectivity index (χ1n) is 9.94. The standard InChI is InChI=1S/C23H32O2Si/c1-6-8-15-18-19(16-9-7-2)22(25)20(21(18)24)23(26(3,4)5)17-13-11-10-12-14-17/h10-14H,6-9,15-16H2,1-5H3. The van der Waals surface area contributed by atoms with Gasteiger partial charge in [-0.25, -0.2) is 0 Å². The number of hydrogen-bond acceptors (Lipinski definition) is 2. The van der Waals surface area contributed by atoms with Crippen LogP contribution in [0.4, 0.5) is 0 Å². The summed E-state index contributed by atoms with van der Waals surface area (Å²) < 4.78 is 0. The molecule has 1 aromatic carbocycles. The van der Waals surface area contributed by atoms with Gasteiger partial charge < -0.3 is 0 Å². The van der Waals surface area contributed by atoms with E-state index in [1.54, 1.807) is 0 Å². The van der Waals surface area contributed by atoms with Crippen LogP contribution in [0, 0.1) is 0 Å². The van der Waals surface area contributed by atoms with Crippen molar-refractivity contribution in [1.82, 2.24) is 0 Å². The molecule has 0 saturated heterocycles. The first kappa shape index (κ1) is 20.6. The van der Waals surface area contributed by atoms with Crippen molar-refractivity contribution in [2.45, 2.75) is 72.0 Å². The molecule has 0 heterocycles. The maximum Gasteiger partial charge on any atom is 0.193 e. The van der Waals surface area contributed by atoms with Gasteiger partial charge in [-0.2, -0.15) is 0 Å². The molecule has 0 bridgehead atoms. The van der Waals surface area contributed by atoms with Gasteiger partial charge in [-0.3, -0.25) is 9.59 Å². The van der Waals surface area contributed by atoms with E-state index in [0.717, 1.165) is 60.4 Å². The molecule has 0 spiro atoms. The summed E-state index contributed by atoms with van der Waals surface area (Å²) in [6, 6.07) is 10.0. The minimum Gasteiger partial charge on any atom is -0.289 e. The lowest BCUT2D eigenvalue weighted by atomic mass is 10.0. The van der Waals surface area contributed by atoms with E-state index in [0.29, 0.717) is 5.57 Å². The van der Waals surface area contributed by atoms with Crippen LogP contribution in [0.25, 0.3) is 5.20 Å². The summed E-state index contributed by atoms with van der Waals surface area (Å²) in [5.41, 5.74) is 3.11. The number of carbonyl (C=O) groups is 2. The molecule has 0 aliphatic heterocycles. The number of rotatable bonds is 8. The fourth-order valence-electron chi connectivity index (χ4n) is 3.70. The van der Waals surface area contributed by atoms with E-state index in [-0.39, 0.29) is 11.6 Å². The van der Waals surface area contributed by atoms with Gasteiger partial charge in [0.15, 0.2) is 11.6 Å². The number of ketones is 2. The third kappa shape index (κ3) is 4.32. The van der Waals surface area contributed by atoms with Crippen LogP contribution in [0.5, 0.6) is 0 Å². The lowest BCUT2D eigenvalue weighted by Gasteiger charge is -2.23. The molecule has 2 rings (SSSR count). The zero-order chi connectivity index (χ0) is 19.3. The van der Waals surface area contributed by atoms with Gasteiger partial charge >= 0.3 is 0 Å². The molecule has 2 nitrogen and oxygen atoms in total. The number of carbonyl (C=O) groups excluding carboxylic acids is 2. The highest BCUT2D eigenvalue weighted by Gasteiger charge is 2.40. The van der Waals surface area contributed by atoms with E-state index >= 15 is 0 Å². The summed E-state index contributed by atoms with van der Waals surface area (Å²) in [6.45, 7) is 10.9. The minimum absolute atomic E-state index is 0.0100. The van der Waals surface area contributed by atoms with Crippen molar-refractivity contribution < 1.29 is 9.59 Å². The Kier molecular flexibility index (Phi) is 6.93. The Morgan fingerprint density at radius 2 is 1.27 bits per heavy atom. The topological polar surface area (TPSA) is 34.1 Å². The second kappa shape index (κ2) is 8.76. The SMILES string of the molecule is CCCCC1=C(CCCC)C(=O)C(=C(c2ccccc2)[Si](C)(C)C)C1=O. The first-order valence-corrected chi connectivity index (χ1v) is 13.4. The Hall–Kier alpha value is -1.74. The predicted molar refractivity (Wildman–Crippen MR) is 113 cm³/mol. The summed E-state index contributed by atoms with van der Waals surface area (Å²) in [4.78, 5) is 26.7. The zero-order valence-corrected chi connectivity index (χ0v) is 17.9. The molecule has 0 fully saturated rings. The summed E-state index contributed by atoms with van der Waals surface area (Å²) >= 11 is 0. The van der Waals surface area contributed by atoms with Crippen LogP contribution in [-0.4, -0.2) is 19.6 Å². The van der Waals surface area contributed by atoms with Gasteiger partial charge in [-0.1, -0.05) is 76.7 Å². The van der Waals surface area contributed by atoms with Crippen molar-refractivity contribution in [1.29, 1.82) is 0 Å². The third-order valence-electron chi connectivity index (χ3n) is 4.99. The van der Waals surface area contributed by atoms with Crippen LogP contribution in [0.1, 0.15) is 57.9 Å². The zero-order valence-electron chi connectivity index (χ0n) is 16.9. The molecule has 0 atom stereocenters. The maximum atomic E-state index is 13.3. The van der Waals surface area contributed by atoms with Crippen molar-refractivity contribution in [3.05, 3.63) is 52.6 Å². The normalized spacial score (nSPS) is 15.2. The number of allylic oxidation sites excluding steroid dienone is 3. The number of unbranched alkanes of at least 4 members (excludes halogenated alkanes) is 2. The molecular weight excluding hydrogens is 336 g/mol. The third-order valence-corrected chi connectivity index (χ3v) is 7.03. The van der Waals surface area contributed by atoms with E-state index < -0.39 is 8.07 Å². The summed E-state index contributed by atoms with van der Waals surface area (Å²) in [5, 5.41) is 1.02. The molecule has 0 aromatic heterocycles. The Morgan fingerprint density at radius 1 is 0.808 bits per heavy atom. The van der Waals surface area contributed by atoms with Gasteiger partial charge in [0.25, 0.3) is 0 Å². The summed E-state index contributed by atoms with van der Waals surface area (Å²) in [5.74, 6) is 0.0201. The Morgan fingerprint density at radius 3 is 1.65 bits per heavy atom. The van der Waals surface area contributed by atoms with Gasteiger partial charge in [0.2, 0.25) is 0 Å². The van der Waals surface area contributed by atoms with Gasteiger partial charge in [0, 0.05) is 11.1 Å². The molecule has 0 saturated carbocycles. The molecular formula is C23H32O2Si. The van der Waals surface area contributed by atoms with Crippen LogP contribution in [0.3, 0.4) is 0 Å². The van der Waals surface area contributed by atoms with Gasteiger partial charge in [0.1, 0.15) is 0 Å². The largest absolute Gasteiger partial charge is 0.289 e. The van der Waals surface area contributed by atoms with Gasteiger partial charge in [0.05, 0.1) is 13.6 Å². The van der Waals surface area contributed by atoms with Gasteiger partial charge in [-0.05, 0) is 36.4 Å². The average molecular weight is 369 g/mol. The Labute approximate surface area is 159 Å². The molecule has 0 N–H and O–H groups in total. The van der Waals surface area contributed by atoms with E-state index in [1.165, 1.54) is 0 Å². The van der Waals surface area contributed by atoms with Crippen molar-refractivity contribution in [3.63, 3.8) is 0 Å². The molecule has 3 heteroatoms. The fraction of sp³-hybridized carbons (Fsp3) is 0.478. The highest BCUT2D eigenvalue weighted by Crippen LogP contribution is 2.39. The molecule has 26 heavy (non-hydrogen) atoms. The van der Waals surface area contributed by atoms with E-state index in [1.807, 2.05) is 30.3 Å². The highest BCUT2D eigenvalue weighted by molar-refractivity contribution is 6.95. The van der Waals surface area contributed by atoms with E-state index in [2.05, 4.69) is 33.5 Å². The first-order chi connectivity index (χ1) is 12.3. The molecule has 1 aliphatic rings. The lowest BCUT2D eigenvalue weighted by molar-refractivity contribution is -0.116. The smallest absolute Gasteiger partial charge is 0.193 e. The molecule has 1 aromatic rings. The number of Topliss-reactive ketones (excluding diaryl/α,β-unsaturated/α-hetero) is 2. The van der Waals surface area contributed by atoms with Crippen LogP contribution < -0.4 is 0 Å². The van der Waals surface area contributed by atoms with E-state index in [9.17, 15) is 9.59 Å².